The van der Waals surface area contributed by atoms with Crippen LogP contribution in [0.1, 0.15) is 32.9 Å². The third-order valence-corrected chi connectivity index (χ3v) is 3.47. The van der Waals surface area contributed by atoms with E-state index in [-0.39, 0.29) is 25.2 Å². The lowest BCUT2D eigenvalue weighted by molar-refractivity contribution is -0.126. The minimum Gasteiger partial charge on any atom is -0.297 e. The van der Waals surface area contributed by atoms with Gasteiger partial charge in [-0.25, -0.2) is 0 Å². The van der Waals surface area contributed by atoms with E-state index in [9.17, 15) is 4.79 Å². The topological polar surface area (TPSA) is 20.3 Å². The first-order valence-electron chi connectivity index (χ1n) is 6.70. The predicted molar refractivity (Wildman–Crippen MR) is 87.0 cm³/mol. The van der Waals surface area contributed by atoms with Crippen LogP contribution in [0.25, 0.3) is 10.8 Å². The van der Waals surface area contributed by atoms with E-state index in [1.807, 2.05) is 51.0 Å². The Balaban J connectivity index is 0.00000200. The molecule has 0 spiro atoms. The minimum atomic E-state index is -0.175. The van der Waals surface area contributed by atoms with Gasteiger partial charge >= 0.3 is 0 Å². The van der Waals surface area contributed by atoms with Gasteiger partial charge < -0.3 is 0 Å². The molecule has 1 unspecified atom stereocenters. The highest BCUT2D eigenvalue weighted by molar-refractivity contribution is 5.94. The number of carbonyl (C=O) groups is 1. The van der Waals surface area contributed by atoms with E-state index in [2.05, 4.69) is 24.3 Å². The van der Waals surface area contributed by atoms with Crippen molar-refractivity contribution in [2.45, 2.75) is 27.3 Å². The summed E-state index contributed by atoms with van der Waals surface area (Å²) in [6.07, 6.45) is 0. The van der Waals surface area contributed by atoms with Gasteiger partial charge in [-0.1, -0.05) is 63.7 Å². The molecule has 0 amide bonds. The summed E-state index contributed by atoms with van der Waals surface area (Å²) in [5.41, 5.74) is 1.10. The quantitative estimate of drug-likeness (QED) is 0.826. The van der Waals surface area contributed by atoms with E-state index in [4.69, 9.17) is 0 Å². The maximum absolute atomic E-state index is 12.5. The van der Waals surface area contributed by atoms with Crippen LogP contribution in [0.3, 0.4) is 0 Å². The highest BCUT2D eigenvalue weighted by Crippen LogP contribution is 2.29. The molecule has 2 aromatic rings. The Morgan fingerprint density at radius 3 is 2.20 bits per heavy atom. The van der Waals surface area contributed by atoms with Crippen LogP contribution in [0.15, 0.2) is 42.5 Å². The number of nitrogens with zero attached hydrogens (tertiary/aromatic N) is 1. The first kappa shape index (κ1) is 16.4. The molecule has 0 N–H and O–H groups in total. The molecule has 0 bridgehead atoms. The maximum atomic E-state index is 12.5. The van der Waals surface area contributed by atoms with E-state index in [1.165, 1.54) is 5.39 Å². The SMILES string of the molecule is C.CC(C)C(=O)C(c1cccc2ccccc12)N(C)C. The average Bonchev–Trinajstić information content (AvgIpc) is 2.38. The van der Waals surface area contributed by atoms with E-state index >= 15 is 0 Å². The molecule has 0 aliphatic rings. The van der Waals surface area contributed by atoms with Crippen molar-refractivity contribution in [3.63, 3.8) is 0 Å². The van der Waals surface area contributed by atoms with Crippen LogP contribution in [0, 0.1) is 5.92 Å². The molecule has 0 aliphatic carbocycles. The molecule has 2 rings (SSSR count). The summed E-state index contributed by atoms with van der Waals surface area (Å²) in [6.45, 7) is 3.92. The number of likely N-dealkylation sites (N-methyl/N-ethyl adjacent to an activating group) is 1. The Kier molecular flexibility index (Phi) is 5.46. The summed E-state index contributed by atoms with van der Waals surface area (Å²) >= 11 is 0. The normalized spacial score (nSPS) is 12.5. The molecule has 0 saturated carbocycles. The monoisotopic (exact) mass is 271 g/mol. The summed E-state index contributed by atoms with van der Waals surface area (Å²) in [6, 6.07) is 14.2. The molecular formula is C18H25NO. The molecule has 0 heterocycles. The van der Waals surface area contributed by atoms with Crippen molar-refractivity contribution in [2.75, 3.05) is 14.1 Å². The molecule has 1 atom stereocenters. The molecule has 0 aromatic heterocycles. The summed E-state index contributed by atoms with van der Waals surface area (Å²) in [7, 11) is 3.93. The minimum absolute atomic E-state index is 0. The summed E-state index contributed by atoms with van der Waals surface area (Å²) in [5, 5.41) is 2.35. The fourth-order valence-electron chi connectivity index (χ4n) is 2.49. The Hall–Kier alpha value is -1.67. The molecular weight excluding hydrogens is 246 g/mol. The number of Topliss-reactive ketones (excluding diaryl/α,β-unsaturated/α-hetero) is 1. The van der Waals surface area contributed by atoms with Gasteiger partial charge in [0, 0.05) is 5.92 Å². The second kappa shape index (κ2) is 6.67. The number of ketones is 1. The zero-order valence-electron chi connectivity index (χ0n) is 12.1. The Labute approximate surface area is 122 Å². The van der Waals surface area contributed by atoms with Crippen molar-refractivity contribution < 1.29 is 4.79 Å². The van der Waals surface area contributed by atoms with Gasteiger partial charge in [0.1, 0.15) is 0 Å². The van der Waals surface area contributed by atoms with Gasteiger partial charge in [0.05, 0.1) is 6.04 Å². The van der Waals surface area contributed by atoms with E-state index < -0.39 is 0 Å². The van der Waals surface area contributed by atoms with Gasteiger partial charge in [0.25, 0.3) is 0 Å². The lowest BCUT2D eigenvalue weighted by Gasteiger charge is -2.26. The number of fused-ring (bicyclic) bond motifs is 1. The lowest BCUT2D eigenvalue weighted by Crippen LogP contribution is -2.30. The first-order chi connectivity index (χ1) is 9.02. The van der Waals surface area contributed by atoms with E-state index in [1.54, 1.807) is 0 Å². The fraction of sp³-hybridized carbons (Fsp3) is 0.389. The molecule has 0 aliphatic heterocycles. The van der Waals surface area contributed by atoms with Gasteiger partial charge in [-0.05, 0) is 30.4 Å². The lowest BCUT2D eigenvalue weighted by atomic mass is 9.91. The van der Waals surface area contributed by atoms with Crippen LogP contribution in [0.4, 0.5) is 0 Å². The van der Waals surface area contributed by atoms with Crippen molar-refractivity contribution in [1.29, 1.82) is 0 Å². The zero-order chi connectivity index (χ0) is 14.0. The number of hydrogen-bond acceptors (Lipinski definition) is 2. The van der Waals surface area contributed by atoms with Crippen LogP contribution < -0.4 is 0 Å². The number of rotatable bonds is 4. The largest absolute Gasteiger partial charge is 0.297 e. The number of benzene rings is 2. The Bertz CT molecular complexity index is 581. The van der Waals surface area contributed by atoms with Gasteiger partial charge in [0.2, 0.25) is 0 Å². The van der Waals surface area contributed by atoms with Crippen molar-refractivity contribution >= 4 is 16.6 Å². The highest BCUT2D eigenvalue weighted by Gasteiger charge is 2.26. The van der Waals surface area contributed by atoms with E-state index in [0.717, 1.165) is 10.9 Å². The van der Waals surface area contributed by atoms with Crippen molar-refractivity contribution in [2.24, 2.45) is 5.92 Å². The second-order valence-corrected chi connectivity index (χ2v) is 5.49. The van der Waals surface area contributed by atoms with Crippen LogP contribution >= 0.6 is 0 Å². The molecule has 0 fully saturated rings. The zero-order valence-corrected chi connectivity index (χ0v) is 12.1. The van der Waals surface area contributed by atoms with Crippen molar-refractivity contribution in [1.82, 2.24) is 4.90 Å². The molecule has 108 valence electrons. The summed E-state index contributed by atoms with van der Waals surface area (Å²) in [5.74, 6) is 0.299. The van der Waals surface area contributed by atoms with Crippen molar-refractivity contribution in [3.05, 3.63) is 48.0 Å². The third-order valence-electron chi connectivity index (χ3n) is 3.47. The third kappa shape index (κ3) is 3.07. The van der Waals surface area contributed by atoms with E-state index in [0.29, 0.717) is 0 Å². The molecule has 2 nitrogen and oxygen atoms in total. The molecule has 0 radical (unpaired) electrons. The van der Waals surface area contributed by atoms with Gasteiger partial charge in [-0.15, -0.1) is 0 Å². The number of carbonyl (C=O) groups excluding carboxylic acids is 1. The van der Waals surface area contributed by atoms with Crippen LogP contribution in [-0.2, 0) is 4.79 Å². The summed E-state index contributed by atoms with van der Waals surface area (Å²) < 4.78 is 0. The maximum Gasteiger partial charge on any atom is 0.157 e. The van der Waals surface area contributed by atoms with Gasteiger partial charge in [0.15, 0.2) is 5.78 Å². The first-order valence-corrected chi connectivity index (χ1v) is 6.70. The van der Waals surface area contributed by atoms with Crippen LogP contribution in [0.5, 0.6) is 0 Å². The van der Waals surface area contributed by atoms with Crippen LogP contribution in [0.2, 0.25) is 0 Å². The highest BCUT2D eigenvalue weighted by atomic mass is 16.1. The Morgan fingerprint density at radius 1 is 1.00 bits per heavy atom. The molecule has 0 saturated heterocycles. The van der Waals surface area contributed by atoms with Crippen molar-refractivity contribution in [3.8, 4) is 0 Å². The summed E-state index contributed by atoms with van der Waals surface area (Å²) in [4.78, 5) is 14.5. The van der Waals surface area contributed by atoms with Gasteiger partial charge in [-0.2, -0.15) is 0 Å². The molecule has 2 heteroatoms. The average molecular weight is 271 g/mol. The predicted octanol–water partition coefficient (Wildman–Crippen LogP) is 4.30. The fourth-order valence-corrected chi connectivity index (χ4v) is 2.49. The van der Waals surface area contributed by atoms with Gasteiger partial charge in [-0.3, -0.25) is 9.69 Å². The standard InChI is InChI=1S/C17H21NO.CH4/c1-12(2)17(19)16(18(3)4)15-11-7-9-13-8-5-6-10-14(13)15;/h5-12,16H,1-4H3;1H4. The smallest absolute Gasteiger partial charge is 0.157 e. The second-order valence-electron chi connectivity index (χ2n) is 5.49. The van der Waals surface area contributed by atoms with Crippen LogP contribution in [-0.4, -0.2) is 24.8 Å². The molecule has 20 heavy (non-hydrogen) atoms. The Morgan fingerprint density at radius 2 is 1.60 bits per heavy atom. The molecule has 2 aromatic carbocycles. The number of hydrogen-bond donors (Lipinski definition) is 0.